The number of halogens is 1. The van der Waals surface area contributed by atoms with Gasteiger partial charge in [0.15, 0.2) is 0 Å². The van der Waals surface area contributed by atoms with Crippen LogP contribution in [0.5, 0.6) is 0 Å². The quantitative estimate of drug-likeness (QED) is 0.416. The molecule has 3 heterocycles. The van der Waals surface area contributed by atoms with Crippen molar-refractivity contribution in [3.05, 3.63) is 98.1 Å². The lowest BCUT2D eigenvalue weighted by atomic mass is 10.1. The number of rotatable bonds is 4. The van der Waals surface area contributed by atoms with Crippen molar-refractivity contribution in [2.45, 2.75) is 20.5 Å². The van der Waals surface area contributed by atoms with Gasteiger partial charge in [0, 0.05) is 22.3 Å². The van der Waals surface area contributed by atoms with Gasteiger partial charge in [-0.25, -0.2) is 9.78 Å². The summed E-state index contributed by atoms with van der Waals surface area (Å²) in [5.41, 5.74) is 4.31. The van der Waals surface area contributed by atoms with E-state index in [0.29, 0.717) is 22.6 Å². The van der Waals surface area contributed by atoms with Gasteiger partial charge in [-0.1, -0.05) is 34.1 Å². The molecule has 0 aliphatic rings. The molecule has 0 aliphatic carbocycles. The minimum absolute atomic E-state index is 0.0920. The molecule has 3 aromatic heterocycles. The Kier molecular flexibility index (Phi) is 5.46. The highest BCUT2D eigenvalue weighted by molar-refractivity contribution is 9.10. The Labute approximate surface area is 181 Å². The van der Waals surface area contributed by atoms with Gasteiger partial charge in [0.05, 0.1) is 22.6 Å². The summed E-state index contributed by atoms with van der Waals surface area (Å²) < 4.78 is 7.81. The lowest BCUT2D eigenvalue weighted by Crippen LogP contribution is -2.17. The molecule has 0 amide bonds. The molecule has 0 aliphatic heterocycles. The van der Waals surface area contributed by atoms with E-state index in [4.69, 9.17) is 4.74 Å². The van der Waals surface area contributed by atoms with Crippen LogP contribution < -0.4 is 5.56 Å². The van der Waals surface area contributed by atoms with E-state index in [-0.39, 0.29) is 12.2 Å². The summed E-state index contributed by atoms with van der Waals surface area (Å²) in [5.74, 6) is -0.508. The van der Waals surface area contributed by atoms with Crippen molar-refractivity contribution < 1.29 is 9.53 Å². The molecular weight excluding hydrogens is 446 g/mol. The molecule has 0 saturated carbocycles. The number of hydrogen-bond acceptors (Lipinski definition) is 5. The Morgan fingerprint density at radius 1 is 1.07 bits per heavy atom. The van der Waals surface area contributed by atoms with Gasteiger partial charge < -0.3 is 4.74 Å². The summed E-state index contributed by atoms with van der Waals surface area (Å²) >= 11 is 3.45. The Balaban J connectivity index is 1.52. The van der Waals surface area contributed by atoms with Gasteiger partial charge in [-0.05, 0) is 49.7 Å². The normalized spacial score (nSPS) is 10.9. The molecule has 1 aromatic carbocycles. The molecule has 0 atom stereocenters. The molecule has 30 heavy (non-hydrogen) atoms. The zero-order chi connectivity index (χ0) is 21.3. The maximum Gasteiger partial charge on any atom is 0.340 e. The molecule has 4 rings (SSSR count). The molecule has 0 radical (unpaired) electrons. The van der Waals surface area contributed by atoms with Crippen LogP contribution in [0.15, 0.2) is 70.1 Å². The highest BCUT2D eigenvalue weighted by Gasteiger charge is 2.14. The number of esters is 1. The fraction of sp³-hybridized carbons (Fsp3) is 0.130. The van der Waals surface area contributed by atoms with Gasteiger partial charge in [-0.2, -0.15) is 0 Å². The van der Waals surface area contributed by atoms with E-state index in [9.17, 15) is 9.59 Å². The summed E-state index contributed by atoms with van der Waals surface area (Å²) in [6.45, 7) is 3.58. The first-order chi connectivity index (χ1) is 14.4. The van der Waals surface area contributed by atoms with Crippen molar-refractivity contribution in [3.63, 3.8) is 0 Å². The average Bonchev–Trinajstić information content (AvgIpc) is 2.72. The number of pyridine rings is 2. The molecule has 6 nitrogen and oxygen atoms in total. The number of aromatic nitrogens is 3. The van der Waals surface area contributed by atoms with Crippen LogP contribution in [0.3, 0.4) is 0 Å². The van der Waals surface area contributed by atoms with Crippen LogP contribution in [0.4, 0.5) is 0 Å². The summed E-state index contributed by atoms with van der Waals surface area (Å²) in [4.78, 5) is 33.8. The van der Waals surface area contributed by atoms with Crippen molar-refractivity contribution in [2.75, 3.05) is 0 Å². The van der Waals surface area contributed by atoms with Crippen LogP contribution in [0.1, 0.15) is 27.3 Å². The first-order valence-electron chi connectivity index (χ1n) is 9.30. The monoisotopic (exact) mass is 463 g/mol. The van der Waals surface area contributed by atoms with E-state index in [0.717, 1.165) is 21.3 Å². The predicted octanol–water partition coefficient (Wildman–Crippen LogP) is 4.49. The summed E-state index contributed by atoms with van der Waals surface area (Å²) in [7, 11) is 0. The fourth-order valence-corrected chi connectivity index (χ4v) is 3.53. The van der Waals surface area contributed by atoms with Crippen LogP contribution in [0, 0.1) is 13.8 Å². The third kappa shape index (κ3) is 4.16. The van der Waals surface area contributed by atoms with Crippen LogP contribution in [-0.2, 0) is 11.3 Å². The minimum atomic E-state index is -0.508. The molecule has 7 heteroatoms. The minimum Gasteiger partial charge on any atom is -0.456 e. The van der Waals surface area contributed by atoms with Crippen molar-refractivity contribution in [2.24, 2.45) is 0 Å². The Morgan fingerprint density at radius 3 is 2.67 bits per heavy atom. The molecule has 0 spiro atoms. The van der Waals surface area contributed by atoms with E-state index in [1.54, 1.807) is 31.3 Å². The van der Waals surface area contributed by atoms with Crippen LogP contribution in [-0.4, -0.2) is 20.3 Å². The number of fused-ring (bicyclic) bond motifs is 1. The molecular formula is C23H18BrN3O3. The SMILES string of the molecule is Cc1ccc2nc(COC(=O)c3ccc(-c4cccc(Br)c4)nc3C)cc(=O)n2c1. The first-order valence-corrected chi connectivity index (χ1v) is 10.1. The number of aryl methyl sites for hydroxylation is 2. The van der Waals surface area contributed by atoms with Gasteiger partial charge >= 0.3 is 5.97 Å². The van der Waals surface area contributed by atoms with Crippen molar-refractivity contribution >= 4 is 27.5 Å². The highest BCUT2D eigenvalue weighted by atomic mass is 79.9. The number of carbonyl (C=O) groups excluding carboxylic acids is 1. The number of hydrogen-bond donors (Lipinski definition) is 0. The molecule has 0 fully saturated rings. The second-order valence-corrected chi connectivity index (χ2v) is 7.85. The Hall–Kier alpha value is -3.32. The first kappa shape index (κ1) is 20.0. The molecule has 0 N–H and O–H groups in total. The van der Waals surface area contributed by atoms with Gasteiger partial charge in [-0.3, -0.25) is 14.2 Å². The topological polar surface area (TPSA) is 73.6 Å². The third-order valence-electron chi connectivity index (χ3n) is 4.64. The second kappa shape index (κ2) is 8.20. The maximum absolute atomic E-state index is 12.6. The van der Waals surface area contributed by atoms with E-state index < -0.39 is 5.97 Å². The highest BCUT2D eigenvalue weighted by Crippen LogP contribution is 2.23. The lowest BCUT2D eigenvalue weighted by Gasteiger charge is -2.09. The summed E-state index contributed by atoms with van der Waals surface area (Å²) in [6, 6.07) is 16.3. The molecule has 4 aromatic rings. The molecule has 0 saturated heterocycles. The number of nitrogens with zero attached hydrogens (tertiary/aromatic N) is 3. The van der Waals surface area contributed by atoms with Crippen molar-refractivity contribution in [3.8, 4) is 11.3 Å². The molecule has 0 bridgehead atoms. The van der Waals surface area contributed by atoms with E-state index in [1.807, 2.05) is 37.3 Å². The number of carbonyl (C=O) groups is 1. The van der Waals surface area contributed by atoms with Gasteiger partial charge in [0.2, 0.25) is 0 Å². The predicted molar refractivity (Wildman–Crippen MR) is 117 cm³/mol. The van der Waals surface area contributed by atoms with Crippen LogP contribution in [0.25, 0.3) is 16.9 Å². The van der Waals surface area contributed by atoms with Crippen LogP contribution in [0.2, 0.25) is 0 Å². The largest absolute Gasteiger partial charge is 0.456 e. The summed E-state index contributed by atoms with van der Waals surface area (Å²) in [5, 5.41) is 0. The third-order valence-corrected chi connectivity index (χ3v) is 5.13. The number of benzene rings is 1. The van der Waals surface area contributed by atoms with Gasteiger partial charge in [0.1, 0.15) is 12.3 Å². The fourth-order valence-electron chi connectivity index (χ4n) is 3.13. The zero-order valence-corrected chi connectivity index (χ0v) is 18.0. The Morgan fingerprint density at radius 2 is 1.90 bits per heavy atom. The van der Waals surface area contributed by atoms with Crippen LogP contribution >= 0.6 is 15.9 Å². The van der Waals surface area contributed by atoms with E-state index >= 15 is 0 Å². The zero-order valence-electron chi connectivity index (χ0n) is 16.4. The van der Waals surface area contributed by atoms with E-state index in [1.165, 1.54) is 10.5 Å². The lowest BCUT2D eigenvalue weighted by molar-refractivity contribution is 0.0466. The standard InChI is InChI=1S/C23H18BrN3O3/c1-14-6-9-21-26-18(11-22(28)27(21)12-14)13-30-23(29)19-7-8-20(25-15(19)2)16-4-3-5-17(24)10-16/h3-12H,13H2,1-2H3. The second-order valence-electron chi connectivity index (χ2n) is 6.94. The smallest absolute Gasteiger partial charge is 0.340 e. The Bertz CT molecular complexity index is 1330. The maximum atomic E-state index is 12.6. The number of ether oxygens (including phenoxy) is 1. The van der Waals surface area contributed by atoms with Crippen molar-refractivity contribution in [1.29, 1.82) is 0 Å². The van der Waals surface area contributed by atoms with Gasteiger partial charge in [0.25, 0.3) is 5.56 Å². The molecule has 150 valence electrons. The van der Waals surface area contributed by atoms with Crippen molar-refractivity contribution in [1.82, 2.24) is 14.4 Å². The molecule has 0 unspecified atom stereocenters. The average molecular weight is 464 g/mol. The van der Waals surface area contributed by atoms with Gasteiger partial charge in [-0.15, -0.1) is 0 Å². The summed E-state index contributed by atoms with van der Waals surface area (Å²) in [6.07, 6.45) is 1.72. The van der Waals surface area contributed by atoms with E-state index in [2.05, 4.69) is 25.9 Å².